The molecule has 0 spiro atoms. The molecule has 174 valence electrons. The lowest BCUT2D eigenvalue weighted by molar-refractivity contribution is 0.0600. The fraction of sp³-hybridized carbons (Fsp3) is 0.192. The van der Waals surface area contributed by atoms with Crippen LogP contribution < -0.4 is 10.2 Å². The molecule has 34 heavy (non-hydrogen) atoms. The number of halogens is 1. The fourth-order valence-corrected chi connectivity index (χ4v) is 4.44. The molecule has 0 atom stereocenters. The molecule has 0 unspecified atom stereocenters. The molecule has 0 aromatic heterocycles. The largest absolute Gasteiger partial charge is 0.465 e. The Morgan fingerprint density at radius 2 is 1.53 bits per heavy atom. The molecule has 1 saturated heterocycles. The van der Waals surface area contributed by atoms with Gasteiger partial charge in [-0.05, 0) is 71.1 Å². The number of carbonyl (C=O) groups excluding carboxylic acids is 3. The summed E-state index contributed by atoms with van der Waals surface area (Å²) in [6.45, 7) is 2.30. The third-order valence-corrected chi connectivity index (χ3v) is 6.35. The maximum Gasteiger partial charge on any atom is 0.337 e. The summed E-state index contributed by atoms with van der Waals surface area (Å²) in [5.41, 5.74) is 2.86. The Balaban J connectivity index is 1.54. The number of piperazine rings is 1. The third kappa shape index (κ3) is 5.39. The molecule has 1 aliphatic heterocycles. The standard InChI is InChI=1S/C26H24IN3O4/c1-34-26(33)20-10-11-23(22(17-20)28-24(31)19-8-5-9-21(27)16-19)29-12-14-30(15-13-29)25(32)18-6-3-2-4-7-18/h2-11,16-17H,12-15H2,1H3,(H,28,31). The number of hydrogen-bond acceptors (Lipinski definition) is 5. The summed E-state index contributed by atoms with van der Waals surface area (Å²) < 4.78 is 5.81. The smallest absolute Gasteiger partial charge is 0.337 e. The number of benzene rings is 3. The van der Waals surface area contributed by atoms with Gasteiger partial charge < -0.3 is 19.9 Å². The summed E-state index contributed by atoms with van der Waals surface area (Å²) in [6, 6.07) is 21.6. The van der Waals surface area contributed by atoms with Crippen molar-refractivity contribution in [2.75, 3.05) is 43.5 Å². The van der Waals surface area contributed by atoms with Crippen LogP contribution in [0.1, 0.15) is 31.1 Å². The van der Waals surface area contributed by atoms with E-state index in [0.29, 0.717) is 48.6 Å². The summed E-state index contributed by atoms with van der Waals surface area (Å²) in [6.07, 6.45) is 0. The van der Waals surface area contributed by atoms with Crippen LogP contribution in [-0.4, -0.2) is 56.0 Å². The van der Waals surface area contributed by atoms with Gasteiger partial charge in [0.25, 0.3) is 11.8 Å². The van der Waals surface area contributed by atoms with Gasteiger partial charge in [-0.25, -0.2) is 4.79 Å². The van der Waals surface area contributed by atoms with Crippen LogP contribution in [0.15, 0.2) is 72.8 Å². The average molecular weight is 569 g/mol. The van der Waals surface area contributed by atoms with Crippen LogP contribution in [0.4, 0.5) is 11.4 Å². The van der Waals surface area contributed by atoms with E-state index in [9.17, 15) is 14.4 Å². The van der Waals surface area contributed by atoms with Gasteiger partial charge in [0.05, 0.1) is 24.0 Å². The zero-order valence-corrected chi connectivity index (χ0v) is 20.8. The Bertz CT molecular complexity index is 1210. The van der Waals surface area contributed by atoms with E-state index in [1.54, 1.807) is 24.3 Å². The summed E-state index contributed by atoms with van der Waals surface area (Å²) in [4.78, 5) is 41.8. The van der Waals surface area contributed by atoms with Gasteiger partial charge in [-0.3, -0.25) is 9.59 Å². The molecule has 2 amide bonds. The lowest BCUT2D eigenvalue weighted by Gasteiger charge is -2.37. The molecule has 0 radical (unpaired) electrons. The minimum Gasteiger partial charge on any atom is -0.465 e. The third-order valence-electron chi connectivity index (χ3n) is 5.68. The molecule has 1 N–H and O–H groups in total. The first-order valence-corrected chi connectivity index (χ1v) is 11.9. The van der Waals surface area contributed by atoms with Gasteiger partial charge in [-0.15, -0.1) is 0 Å². The zero-order valence-electron chi connectivity index (χ0n) is 18.7. The molecule has 7 nitrogen and oxygen atoms in total. The predicted octanol–water partition coefficient (Wildman–Crippen LogP) is 4.29. The number of amides is 2. The zero-order chi connectivity index (χ0) is 24.1. The first-order valence-electron chi connectivity index (χ1n) is 10.8. The van der Waals surface area contributed by atoms with Crippen LogP contribution in [0.25, 0.3) is 0 Å². The Kier molecular flexibility index (Phi) is 7.46. The van der Waals surface area contributed by atoms with E-state index in [1.165, 1.54) is 7.11 Å². The maximum absolute atomic E-state index is 12.9. The number of carbonyl (C=O) groups is 3. The van der Waals surface area contributed by atoms with Crippen molar-refractivity contribution >= 4 is 51.7 Å². The van der Waals surface area contributed by atoms with E-state index in [2.05, 4.69) is 32.8 Å². The van der Waals surface area contributed by atoms with E-state index in [1.807, 2.05) is 53.4 Å². The Hall–Kier alpha value is -3.40. The van der Waals surface area contributed by atoms with Crippen LogP contribution in [0.5, 0.6) is 0 Å². The van der Waals surface area contributed by atoms with Crippen LogP contribution in [0.3, 0.4) is 0 Å². The van der Waals surface area contributed by atoms with Crippen LogP contribution in [0, 0.1) is 3.57 Å². The van der Waals surface area contributed by atoms with Crippen molar-refractivity contribution in [3.05, 3.63) is 93.1 Å². The Labute approximate surface area is 211 Å². The monoisotopic (exact) mass is 569 g/mol. The molecule has 3 aromatic carbocycles. The lowest BCUT2D eigenvalue weighted by Crippen LogP contribution is -2.49. The van der Waals surface area contributed by atoms with Crippen molar-refractivity contribution in [3.8, 4) is 0 Å². The van der Waals surface area contributed by atoms with E-state index < -0.39 is 5.97 Å². The first kappa shape index (κ1) is 23.7. The van der Waals surface area contributed by atoms with Crippen LogP contribution in [-0.2, 0) is 4.74 Å². The second-order valence-electron chi connectivity index (χ2n) is 7.83. The quantitative estimate of drug-likeness (QED) is 0.367. The van der Waals surface area contributed by atoms with Crippen LogP contribution >= 0.6 is 22.6 Å². The summed E-state index contributed by atoms with van der Waals surface area (Å²) >= 11 is 2.16. The van der Waals surface area contributed by atoms with E-state index >= 15 is 0 Å². The molecule has 1 fully saturated rings. The number of methoxy groups -OCH3 is 1. The Morgan fingerprint density at radius 3 is 2.21 bits per heavy atom. The predicted molar refractivity (Wildman–Crippen MR) is 139 cm³/mol. The van der Waals surface area contributed by atoms with Gasteiger partial charge in [0.15, 0.2) is 0 Å². The van der Waals surface area contributed by atoms with Crippen LogP contribution in [0.2, 0.25) is 0 Å². The highest BCUT2D eigenvalue weighted by Crippen LogP contribution is 2.29. The average Bonchev–Trinajstić information content (AvgIpc) is 2.88. The van der Waals surface area contributed by atoms with Gasteiger partial charge >= 0.3 is 5.97 Å². The molecular weight excluding hydrogens is 545 g/mol. The number of nitrogens with zero attached hydrogens (tertiary/aromatic N) is 2. The highest BCUT2D eigenvalue weighted by atomic mass is 127. The van der Waals surface area contributed by atoms with Crippen molar-refractivity contribution in [3.63, 3.8) is 0 Å². The topological polar surface area (TPSA) is 79.0 Å². The summed E-state index contributed by atoms with van der Waals surface area (Å²) in [7, 11) is 1.32. The molecule has 0 bridgehead atoms. The Morgan fingerprint density at radius 1 is 0.824 bits per heavy atom. The number of ether oxygens (including phenoxy) is 1. The van der Waals surface area contributed by atoms with Gasteiger partial charge in [-0.2, -0.15) is 0 Å². The molecule has 0 saturated carbocycles. The number of anilines is 2. The lowest BCUT2D eigenvalue weighted by atomic mass is 10.1. The van der Waals surface area contributed by atoms with Crippen molar-refractivity contribution in [2.24, 2.45) is 0 Å². The van der Waals surface area contributed by atoms with Crippen molar-refractivity contribution < 1.29 is 19.1 Å². The molecule has 8 heteroatoms. The minimum absolute atomic E-state index is 0.00787. The second-order valence-corrected chi connectivity index (χ2v) is 9.08. The second kappa shape index (κ2) is 10.7. The number of rotatable bonds is 5. The molecule has 4 rings (SSSR count). The summed E-state index contributed by atoms with van der Waals surface area (Å²) in [5.74, 6) is -0.734. The fourth-order valence-electron chi connectivity index (χ4n) is 3.89. The number of nitrogens with one attached hydrogen (secondary N) is 1. The SMILES string of the molecule is COC(=O)c1ccc(N2CCN(C(=O)c3ccccc3)CC2)c(NC(=O)c2cccc(I)c2)c1. The van der Waals surface area contributed by atoms with Crippen molar-refractivity contribution in [1.29, 1.82) is 0 Å². The van der Waals surface area contributed by atoms with Gasteiger partial charge in [0.1, 0.15) is 0 Å². The van der Waals surface area contributed by atoms with E-state index in [0.717, 1.165) is 9.26 Å². The van der Waals surface area contributed by atoms with E-state index in [4.69, 9.17) is 4.74 Å². The van der Waals surface area contributed by atoms with E-state index in [-0.39, 0.29) is 11.8 Å². The van der Waals surface area contributed by atoms with Gasteiger partial charge in [0.2, 0.25) is 0 Å². The number of esters is 1. The molecule has 1 aliphatic rings. The van der Waals surface area contributed by atoms with Gasteiger partial charge in [0, 0.05) is 40.9 Å². The minimum atomic E-state index is -0.477. The van der Waals surface area contributed by atoms with Gasteiger partial charge in [-0.1, -0.05) is 24.3 Å². The molecule has 3 aromatic rings. The summed E-state index contributed by atoms with van der Waals surface area (Å²) in [5, 5.41) is 2.96. The van der Waals surface area contributed by atoms with Crippen molar-refractivity contribution in [2.45, 2.75) is 0 Å². The molecule has 0 aliphatic carbocycles. The normalized spacial score (nSPS) is 13.4. The number of hydrogen-bond donors (Lipinski definition) is 1. The highest BCUT2D eigenvalue weighted by Gasteiger charge is 2.24. The molecular formula is C26H24IN3O4. The first-order chi connectivity index (χ1) is 16.5. The maximum atomic E-state index is 12.9. The molecule has 1 heterocycles. The van der Waals surface area contributed by atoms with Crippen molar-refractivity contribution in [1.82, 2.24) is 4.90 Å². The highest BCUT2D eigenvalue weighted by molar-refractivity contribution is 14.1.